The second-order valence-electron chi connectivity index (χ2n) is 4.44. The summed E-state index contributed by atoms with van der Waals surface area (Å²) >= 11 is 0. The minimum atomic E-state index is -0.583. The van der Waals surface area contributed by atoms with Crippen LogP contribution >= 0.6 is 0 Å². The number of hydrogen-bond acceptors (Lipinski definition) is 4. The molecule has 98 valence electrons. The summed E-state index contributed by atoms with van der Waals surface area (Å²) in [5, 5.41) is 13.7. The smallest absolute Gasteiger partial charge is 0.272 e. The summed E-state index contributed by atoms with van der Waals surface area (Å²) in [4.78, 5) is 11.9. The maximum Gasteiger partial charge on any atom is 0.272 e. The van der Waals surface area contributed by atoms with Crippen molar-refractivity contribution in [2.75, 3.05) is 25.0 Å². The Morgan fingerprint density at radius 2 is 2.11 bits per heavy atom. The van der Waals surface area contributed by atoms with Crippen molar-refractivity contribution in [2.24, 2.45) is 0 Å². The molecule has 1 aliphatic heterocycles. The van der Waals surface area contributed by atoms with Crippen molar-refractivity contribution < 1.29 is 9.31 Å². The summed E-state index contributed by atoms with van der Waals surface area (Å²) in [7, 11) is 1.92. The molecule has 0 bridgehead atoms. The molecule has 1 saturated heterocycles. The SMILES string of the molecule is CNC1CCN(c2ccc([N+](=O)[O-])cc2F)CC1. The van der Waals surface area contributed by atoms with E-state index < -0.39 is 10.7 Å². The van der Waals surface area contributed by atoms with Crippen LogP contribution in [0.2, 0.25) is 0 Å². The van der Waals surface area contributed by atoms with Crippen LogP contribution in [0.15, 0.2) is 18.2 Å². The molecule has 0 spiro atoms. The van der Waals surface area contributed by atoms with Crippen LogP contribution in [0.25, 0.3) is 0 Å². The van der Waals surface area contributed by atoms with Crippen LogP contribution in [0.5, 0.6) is 0 Å². The van der Waals surface area contributed by atoms with Gasteiger partial charge in [-0.1, -0.05) is 0 Å². The van der Waals surface area contributed by atoms with Crippen LogP contribution in [-0.2, 0) is 0 Å². The van der Waals surface area contributed by atoms with Gasteiger partial charge in [-0.15, -0.1) is 0 Å². The zero-order valence-corrected chi connectivity index (χ0v) is 10.2. The predicted molar refractivity (Wildman–Crippen MR) is 67.3 cm³/mol. The summed E-state index contributed by atoms with van der Waals surface area (Å²) in [5.74, 6) is -0.521. The molecule has 5 nitrogen and oxygen atoms in total. The maximum atomic E-state index is 13.8. The zero-order valence-electron chi connectivity index (χ0n) is 10.2. The first kappa shape index (κ1) is 12.8. The van der Waals surface area contributed by atoms with E-state index in [2.05, 4.69) is 5.32 Å². The summed E-state index contributed by atoms with van der Waals surface area (Å²) in [6.07, 6.45) is 1.90. The third-order valence-electron chi connectivity index (χ3n) is 3.39. The average Bonchev–Trinajstić information content (AvgIpc) is 2.38. The van der Waals surface area contributed by atoms with Gasteiger partial charge in [-0.05, 0) is 26.0 Å². The molecule has 1 heterocycles. The number of hydrogen-bond donors (Lipinski definition) is 1. The number of halogens is 1. The lowest BCUT2D eigenvalue weighted by atomic mass is 10.0. The summed E-state index contributed by atoms with van der Waals surface area (Å²) in [6.45, 7) is 1.53. The number of piperidine rings is 1. The fourth-order valence-electron chi connectivity index (χ4n) is 2.27. The number of nitrogens with zero attached hydrogens (tertiary/aromatic N) is 2. The molecule has 0 atom stereocenters. The number of non-ortho nitro benzene ring substituents is 1. The van der Waals surface area contributed by atoms with Crippen LogP contribution in [0, 0.1) is 15.9 Å². The van der Waals surface area contributed by atoms with Crippen molar-refractivity contribution in [2.45, 2.75) is 18.9 Å². The van der Waals surface area contributed by atoms with E-state index in [4.69, 9.17) is 0 Å². The minimum absolute atomic E-state index is 0.207. The molecule has 1 aromatic carbocycles. The van der Waals surface area contributed by atoms with Gasteiger partial charge in [0.05, 0.1) is 16.7 Å². The highest BCUT2D eigenvalue weighted by Gasteiger charge is 2.21. The number of nitro benzene ring substituents is 1. The molecule has 1 aromatic rings. The molecule has 18 heavy (non-hydrogen) atoms. The van der Waals surface area contributed by atoms with E-state index in [0.29, 0.717) is 11.7 Å². The van der Waals surface area contributed by atoms with Crippen molar-refractivity contribution in [1.82, 2.24) is 5.32 Å². The van der Waals surface area contributed by atoms with Crippen molar-refractivity contribution >= 4 is 11.4 Å². The van der Waals surface area contributed by atoms with Gasteiger partial charge in [0, 0.05) is 25.2 Å². The first-order valence-electron chi connectivity index (χ1n) is 5.98. The van der Waals surface area contributed by atoms with Crippen molar-refractivity contribution in [3.63, 3.8) is 0 Å². The molecule has 0 radical (unpaired) electrons. The predicted octanol–water partition coefficient (Wildman–Crippen LogP) is 1.92. The van der Waals surface area contributed by atoms with Gasteiger partial charge in [-0.2, -0.15) is 0 Å². The largest absolute Gasteiger partial charge is 0.369 e. The van der Waals surface area contributed by atoms with Crippen LogP contribution in [0.4, 0.5) is 15.8 Å². The molecule has 6 heteroatoms. The van der Waals surface area contributed by atoms with E-state index in [1.807, 2.05) is 11.9 Å². The highest BCUT2D eigenvalue weighted by Crippen LogP contribution is 2.26. The number of nitrogens with one attached hydrogen (secondary N) is 1. The van der Waals surface area contributed by atoms with Crippen LogP contribution in [0.3, 0.4) is 0 Å². The van der Waals surface area contributed by atoms with E-state index in [1.165, 1.54) is 12.1 Å². The second-order valence-corrected chi connectivity index (χ2v) is 4.44. The lowest BCUT2D eigenvalue weighted by Crippen LogP contribution is -2.41. The highest BCUT2D eigenvalue weighted by molar-refractivity contribution is 5.52. The molecule has 0 aromatic heterocycles. The van der Waals surface area contributed by atoms with E-state index in [1.54, 1.807) is 0 Å². The van der Waals surface area contributed by atoms with Gasteiger partial charge in [0.2, 0.25) is 0 Å². The Morgan fingerprint density at radius 3 is 2.61 bits per heavy atom. The monoisotopic (exact) mass is 253 g/mol. The highest BCUT2D eigenvalue weighted by atomic mass is 19.1. The zero-order chi connectivity index (χ0) is 13.1. The number of benzene rings is 1. The van der Waals surface area contributed by atoms with Gasteiger partial charge in [-0.3, -0.25) is 10.1 Å². The minimum Gasteiger partial charge on any atom is -0.369 e. The van der Waals surface area contributed by atoms with Gasteiger partial charge in [-0.25, -0.2) is 4.39 Å². The van der Waals surface area contributed by atoms with Crippen LogP contribution < -0.4 is 10.2 Å². The topological polar surface area (TPSA) is 58.4 Å². The Morgan fingerprint density at radius 1 is 1.44 bits per heavy atom. The van der Waals surface area contributed by atoms with Crippen LogP contribution in [0.1, 0.15) is 12.8 Å². The lowest BCUT2D eigenvalue weighted by Gasteiger charge is -2.33. The third kappa shape index (κ3) is 2.59. The molecule has 1 aliphatic rings. The normalized spacial score (nSPS) is 16.9. The van der Waals surface area contributed by atoms with Crippen molar-refractivity contribution in [3.05, 3.63) is 34.1 Å². The van der Waals surface area contributed by atoms with Crippen molar-refractivity contribution in [3.8, 4) is 0 Å². The molecule has 0 aliphatic carbocycles. The first-order chi connectivity index (χ1) is 8.61. The van der Waals surface area contributed by atoms with Gasteiger partial charge in [0.15, 0.2) is 5.82 Å². The van der Waals surface area contributed by atoms with Gasteiger partial charge < -0.3 is 10.2 Å². The van der Waals surface area contributed by atoms with E-state index in [-0.39, 0.29) is 5.69 Å². The molecule has 0 saturated carbocycles. The maximum absolute atomic E-state index is 13.8. The standard InChI is InChI=1S/C12H16FN3O2/c1-14-9-4-6-15(7-5-9)12-3-2-10(16(17)18)8-11(12)13/h2-3,8-9,14H,4-7H2,1H3. The van der Waals surface area contributed by atoms with E-state index >= 15 is 0 Å². The fraction of sp³-hybridized carbons (Fsp3) is 0.500. The summed E-state index contributed by atoms with van der Waals surface area (Å²) in [5.41, 5.74) is 0.247. The molecular formula is C12H16FN3O2. The Hall–Kier alpha value is -1.69. The average molecular weight is 253 g/mol. The van der Waals surface area contributed by atoms with Crippen LogP contribution in [-0.4, -0.2) is 31.1 Å². The molecule has 1 fully saturated rings. The van der Waals surface area contributed by atoms with Gasteiger partial charge in [0.1, 0.15) is 0 Å². The molecule has 0 unspecified atom stereocenters. The lowest BCUT2D eigenvalue weighted by molar-refractivity contribution is -0.385. The Kier molecular flexibility index (Phi) is 3.76. The second kappa shape index (κ2) is 5.30. The van der Waals surface area contributed by atoms with Gasteiger partial charge in [0.25, 0.3) is 5.69 Å². The number of anilines is 1. The van der Waals surface area contributed by atoms with E-state index in [0.717, 1.165) is 32.0 Å². The molecule has 2 rings (SSSR count). The molecule has 1 N–H and O–H groups in total. The number of rotatable bonds is 3. The van der Waals surface area contributed by atoms with E-state index in [9.17, 15) is 14.5 Å². The first-order valence-corrected chi connectivity index (χ1v) is 5.98. The third-order valence-corrected chi connectivity index (χ3v) is 3.39. The quantitative estimate of drug-likeness (QED) is 0.660. The fourth-order valence-corrected chi connectivity index (χ4v) is 2.27. The Balaban J connectivity index is 2.12. The molecule has 0 amide bonds. The summed E-state index contributed by atoms with van der Waals surface area (Å²) in [6, 6.07) is 4.30. The van der Waals surface area contributed by atoms with Gasteiger partial charge >= 0.3 is 0 Å². The Bertz CT molecular complexity index is 445. The molecular weight excluding hydrogens is 237 g/mol. The van der Waals surface area contributed by atoms with Crippen molar-refractivity contribution in [1.29, 1.82) is 0 Å². The number of nitro groups is 1. The summed E-state index contributed by atoms with van der Waals surface area (Å²) < 4.78 is 13.8. The Labute approximate surface area is 105 Å².